The molecule has 0 amide bonds. The number of piperidine rings is 1. The van der Waals surface area contributed by atoms with Crippen molar-refractivity contribution < 1.29 is 4.74 Å². The average molecular weight is 236 g/mol. The van der Waals surface area contributed by atoms with E-state index in [0.717, 1.165) is 37.3 Å². The van der Waals surface area contributed by atoms with Crippen LogP contribution in [0.2, 0.25) is 0 Å². The molecule has 1 aliphatic rings. The van der Waals surface area contributed by atoms with Crippen LogP contribution in [0.1, 0.15) is 25.3 Å². The SMILES string of the molecule is CCOc1ncnc(N2CCC(N)CC2)c1C. The summed E-state index contributed by atoms with van der Waals surface area (Å²) >= 11 is 0. The first-order valence-corrected chi connectivity index (χ1v) is 6.17. The Labute approximate surface area is 102 Å². The van der Waals surface area contributed by atoms with Gasteiger partial charge in [-0.3, -0.25) is 0 Å². The monoisotopic (exact) mass is 236 g/mol. The fraction of sp³-hybridized carbons (Fsp3) is 0.667. The molecule has 17 heavy (non-hydrogen) atoms. The Balaban J connectivity index is 2.17. The summed E-state index contributed by atoms with van der Waals surface area (Å²) in [5, 5.41) is 0. The van der Waals surface area contributed by atoms with Gasteiger partial charge in [0.05, 0.1) is 12.2 Å². The summed E-state index contributed by atoms with van der Waals surface area (Å²) in [5.41, 5.74) is 6.92. The van der Waals surface area contributed by atoms with Gasteiger partial charge in [0.2, 0.25) is 5.88 Å². The quantitative estimate of drug-likeness (QED) is 0.851. The molecule has 2 N–H and O–H groups in total. The molecule has 0 atom stereocenters. The predicted octanol–water partition coefficient (Wildman–Crippen LogP) is 1.11. The second-order valence-corrected chi connectivity index (χ2v) is 4.38. The summed E-state index contributed by atoms with van der Waals surface area (Å²) in [5.74, 6) is 1.67. The van der Waals surface area contributed by atoms with E-state index >= 15 is 0 Å². The third-order valence-corrected chi connectivity index (χ3v) is 3.13. The van der Waals surface area contributed by atoms with Gasteiger partial charge in [-0.1, -0.05) is 0 Å². The minimum atomic E-state index is 0.333. The topological polar surface area (TPSA) is 64.3 Å². The summed E-state index contributed by atoms with van der Waals surface area (Å²) in [6.07, 6.45) is 3.61. The first kappa shape index (κ1) is 12.1. The highest BCUT2D eigenvalue weighted by Gasteiger charge is 2.20. The maximum absolute atomic E-state index is 5.91. The molecular weight excluding hydrogens is 216 g/mol. The maximum atomic E-state index is 5.91. The summed E-state index contributed by atoms with van der Waals surface area (Å²) in [6, 6.07) is 0.333. The van der Waals surface area contributed by atoms with Crippen molar-refractivity contribution in [2.24, 2.45) is 5.73 Å². The fourth-order valence-electron chi connectivity index (χ4n) is 2.14. The van der Waals surface area contributed by atoms with Crippen LogP contribution in [0.5, 0.6) is 5.88 Å². The Kier molecular flexibility index (Phi) is 3.78. The number of hydrogen-bond donors (Lipinski definition) is 1. The van der Waals surface area contributed by atoms with Crippen LogP contribution >= 0.6 is 0 Å². The van der Waals surface area contributed by atoms with E-state index < -0.39 is 0 Å². The number of hydrogen-bond acceptors (Lipinski definition) is 5. The molecule has 0 spiro atoms. The van der Waals surface area contributed by atoms with E-state index in [9.17, 15) is 0 Å². The van der Waals surface area contributed by atoms with Crippen LogP contribution in [-0.4, -0.2) is 35.7 Å². The number of nitrogens with zero attached hydrogens (tertiary/aromatic N) is 3. The van der Waals surface area contributed by atoms with Crippen molar-refractivity contribution in [1.29, 1.82) is 0 Å². The standard InChI is InChI=1S/C12H20N4O/c1-3-17-12-9(2)11(14-8-15-12)16-6-4-10(13)5-7-16/h8,10H,3-7,13H2,1-2H3. The number of aromatic nitrogens is 2. The van der Waals surface area contributed by atoms with E-state index in [0.29, 0.717) is 18.5 Å². The van der Waals surface area contributed by atoms with Crippen molar-refractivity contribution in [3.63, 3.8) is 0 Å². The van der Waals surface area contributed by atoms with Gasteiger partial charge in [-0.05, 0) is 26.7 Å². The highest BCUT2D eigenvalue weighted by molar-refractivity contribution is 5.50. The van der Waals surface area contributed by atoms with Crippen molar-refractivity contribution in [3.05, 3.63) is 11.9 Å². The average Bonchev–Trinajstić information content (AvgIpc) is 2.34. The molecule has 2 rings (SSSR count). The molecule has 1 aliphatic heterocycles. The van der Waals surface area contributed by atoms with Crippen LogP contribution in [0.25, 0.3) is 0 Å². The normalized spacial score (nSPS) is 17.2. The molecular formula is C12H20N4O. The third-order valence-electron chi connectivity index (χ3n) is 3.13. The molecule has 2 heterocycles. The van der Waals surface area contributed by atoms with Crippen molar-refractivity contribution in [3.8, 4) is 5.88 Å². The summed E-state index contributed by atoms with van der Waals surface area (Å²) in [4.78, 5) is 10.8. The lowest BCUT2D eigenvalue weighted by atomic mass is 10.1. The minimum absolute atomic E-state index is 0.333. The van der Waals surface area contributed by atoms with Gasteiger partial charge in [0.25, 0.3) is 0 Å². The first-order valence-electron chi connectivity index (χ1n) is 6.17. The highest BCUT2D eigenvalue weighted by atomic mass is 16.5. The van der Waals surface area contributed by atoms with E-state index in [1.807, 2.05) is 13.8 Å². The van der Waals surface area contributed by atoms with Crippen molar-refractivity contribution in [1.82, 2.24) is 9.97 Å². The van der Waals surface area contributed by atoms with E-state index in [-0.39, 0.29) is 0 Å². The number of ether oxygens (including phenoxy) is 1. The fourth-order valence-corrected chi connectivity index (χ4v) is 2.14. The molecule has 0 bridgehead atoms. The smallest absolute Gasteiger partial charge is 0.221 e. The lowest BCUT2D eigenvalue weighted by Crippen LogP contribution is -2.40. The predicted molar refractivity (Wildman–Crippen MR) is 67.4 cm³/mol. The van der Waals surface area contributed by atoms with Crippen molar-refractivity contribution in [2.75, 3.05) is 24.6 Å². The van der Waals surface area contributed by atoms with Crippen molar-refractivity contribution >= 4 is 5.82 Å². The Bertz CT molecular complexity index is 375. The number of anilines is 1. The van der Waals surface area contributed by atoms with Gasteiger partial charge in [-0.2, -0.15) is 0 Å². The van der Waals surface area contributed by atoms with Gasteiger partial charge in [0.15, 0.2) is 0 Å². The lowest BCUT2D eigenvalue weighted by molar-refractivity contribution is 0.323. The molecule has 5 nitrogen and oxygen atoms in total. The summed E-state index contributed by atoms with van der Waals surface area (Å²) < 4.78 is 5.49. The van der Waals surface area contributed by atoms with Crippen LogP contribution < -0.4 is 15.4 Å². The summed E-state index contributed by atoms with van der Waals surface area (Å²) in [6.45, 7) is 6.52. The maximum Gasteiger partial charge on any atom is 0.221 e. The zero-order chi connectivity index (χ0) is 12.3. The number of rotatable bonds is 3. The van der Waals surface area contributed by atoms with Crippen LogP contribution in [0.15, 0.2) is 6.33 Å². The Morgan fingerprint density at radius 1 is 1.41 bits per heavy atom. The van der Waals surface area contributed by atoms with E-state index in [1.54, 1.807) is 6.33 Å². The molecule has 0 unspecified atom stereocenters. The Morgan fingerprint density at radius 2 is 2.12 bits per heavy atom. The highest BCUT2D eigenvalue weighted by Crippen LogP contribution is 2.25. The molecule has 1 fully saturated rings. The van der Waals surface area contributed by atoms with Gasteiger partial charge in [-0.15, -0.1) is 0 Å². The van der Waals surface area contributed by atoms with Gasteiger partial charge in [-0.25, -0.2) is 9.97 Å². The van der Waals surface area contributed by atoms with Gasteiger partial charge < -0.3 is 15.4 Å². The number of nitrogens with two attached hydrogens (primary N) is 1. The first-order chi connectivity index (χ1) is 8.22. The molecule has 0 aromatic carbocycles. The zero-order valence-electron chi connectivity index (χ0n) is 10.5. The van der Waals surface area contributed by atoms with Crippen molar-refractivity contribution in [2.45, 2.75) is 32.7 Å². The molecule has 0 saturated carbocycles. The molecule has 5 heteroatoms. The Hall–Kier alpha value is -1.36. The summed E-state index contributed by atoms with van der Waals surface area (Å²) in [7, 11) is 0. The van der Waals surface area contributed by atoms with E-state index in [4.69, 9.17) is 10.5 Å². The van der Waals surface area contributed by atoms with Crippen LogP contribution in [0.3, 0.4) is 0 Å². The molecule has 1 saturated heterocycles. The van der Waals surface area contributed by atoms with Crippen LogP contribution in [0.4, 0.5) is 5.82 Å². The van der Waals surface area contributed by atoms with Gasteiger partial charge >= 0.3 is 0 Å². The Morgan fingerprint density at radius 3 is 2.76 bits per heavy atom. The van der Waals surface area contributed by atoms with Gasteiger partial charge in [0, 0.05) is 19.1 Å². The third kappa shape index (κ3) is 2.66. The second kappa shape index (κ2) is 5.31. The molecule has 94 valence electrons. The second-order valence-electron chi connectivity index (χ2n) is 4.38. The minimum Gasteiger partial charge on any atom is -0.478 e. The molecule has 1 aromatic rings. The van der Waals surface area contributed by atoms with E-state index in [2.05, 4.69) is 14.9 Å². The zero-order valence-corrected chi connectivity index (χ0v) is 10.5. The van der Waals surface area contributed by atoms with Crippen LogP contribution in [0, 0.1) is 6.92 Å². The molecule has 0 aliphatic carbocycles. The largest absolute Gasteiger partial charge is 0.478 e. The molecule has 0 radical (unpaired) electrons. The van der Waals surface area contributed by atoms with Gasteiger partial charge in [0.1, 0.15) is 12.1 Å². The lowest BCUT2D eigenvalue weighted by Gasteiger charge is -2.32. The molecule has 1 aromatic heterocycles. The van der Waals surface area contributed by atoms with E-state index in [1.165, 1.54) is 0 Å². The van der Waals surface area contributed by atoms with Crippen LogP contribution in [-0.2, 0) is 0 Å².